The van der Waals surface area contributed by atoms with Crippen molar-refractivity contribution in [3.8, 4) is 0 Å². The molecule has 9 heteroatoms. The first-order chi connectivity index (χ1) is 13.4. The zero-order chi connectivity index (χ0) is 20.3. The predicted octanol–water partition coefficient (Wildman–Crippen LogP) is -0.128. The summed E-state index contributed by atoms with van der Waals surface area (Å²) in [4.78, 5) is 58.9. The number of anilines is 1. The Labute approximate surface area is 158 Å². The summed E-state index contributed by atoms with van der Waals surface area (Å²) in [6.45, 7) is 0. The molecule has 0 saturated carbocycles. The minimum absolute atomic E-state index is 0.0678. The highest BCUT2D eigenvalue weighted by Crippen LogP contribution is 2.21. The zero-order valence-corrected chi connectivity index (χ0v) is 14.2. The van der Waals surface area contributed by atoms with Crippen molar-refractivity contribution in [2.45, 2.75) is 0 Å². The second-order valence-electron chi connectivity index (χ2n) is 5.65. The van der Waals surface area contributed by atoms with Crippen LogP contribution in [0.4, 0.5) is 5.69 Å². The molecule has 9 nitrogen and oxygen atoms in total. The maximum atomic E-state index is 12.4. The van der Waals surface area contributed by atoms with E-state index in [0.29, 0.717) is 11.1 Å². The van der Waals surface area contributed by atoms with Crippen molar-refractivity contribution < 1.29 is 29.1 Å². The molecule has 28 heavy (non-hydrogen) atoms. The number of benzene rings is 2. The number of aliphatic carboxylic acids is 1. The normalized spacial score (nSPS) is 12.8. The number of nitrogens with zero attached hydrogens (tertiary/aromatic N) is 1. The lowest BCUT2D eigenvalue weighted by Gasteiger charge is -2.15. The maximum Gasteiger partial charge on any atom is 0.280 e. The van der Waals surface area contributed by atoms with Crippen LogP contribution in [0.5, 0.6) is 0 Å². The van der Waals surface area contributed by atoms with Crippen LogP contribution in [0.2, 0.25) is 0 Å². The Hall–Kier alpha value is -4.27. The largest absolute Gasteiger partial charge is 0.545 e. The molecule has 140 valence electrons. The summed E-state index contributed by atoms with van der Waals surface area (Å²) in [5.41, 5.74) is 2.90. The molecular weight excluding hydrogens is 366 g/mol. The van der Waals surface area contributed by atoms with Crippen molar-refractivity contribution in [3.05, 3.63) is 77.4 Å². The standard InChI is InChI=1S/C19H13N3O6/c23-15(8-9-16(24)25)20-12-5-3-4-11(10-12)17(26)21-22-18(27)13-6-1-2-7-14(13)19(22)28/h1-10H,(H,20,23)(H,21,26)(H,24,25)/p-1/b9-8+. The average Bonchev–Trinajstić information content (AvgIpc) is 2.92. The van der Waals surface area contributed by atoms with Crippen LogP contribution >= 0.6 is 0 Å². The molecule has 0 spiro atoms. The first-order valence-corrected chi connectivity index (χ1v) is 7.95. The molecule has 0 bridgehead atoms. The van der Waals surface area contributed by atoms with Crippen molar-refractivity contribution in [1.29, 1.82) is 0 Å². The second-order valence-corrected chi connectivity index (χ2v) is 5.65. The van der Waals surface area contributed by atoms with Gasteiger partial charge in [-0.2, -0.15) is 5.01 Å². The third-order valence-corrected chi connectivity index (χ3v) is 3.77. The number of rotatable bonds is 5. The summed E-state index contributed by atoms with van der Waals surface area (Å²) in [5.74, 6) is -4.29. The summed E-state index contributed by atoms with van der Waals surface area (Å²) in [6, 6.07) is 11.8. The van der Waals surface area contributed by atoms with E-state index in [1.807, 2.05) is 0 Å². The van der Waals surface area contributed by atoms with E-state index < -0.39 is 29.6 Å². The molecule has 1 heterocycles. The highest BCUT2D eigenvalue weighted by atomic mass is 16.4. The van der Waals surface area contributed by atoms with Gasteiger partial charge in [0.15, 0.2) is 0 Å². The fourth-order valence-electron chi connectivity index (χ4n) is 2.52. The molecule has 0 saturated heterocycles. The van der Waals surface area contributed by atoms with Crippen molar-refractivity contribution >= 4 is 35.3 Å². The monoisotopic (exact) mass is 378 g/mol. The van der Waals surface area contributed by atoms with Gasteiger partial charge < -0.3 is 15.2 Å². The molecule has 2 aromatic carbocycles. The number of nitrogens with one attached hydrogen (secondary N) is 2. The van der Waals surface area contributed by atoms with E-state index in [9.17, 15) is 29.1 Å². The van der Waals surface area contributed by atoms with Gasteiger partial charge in [0.1, 0.15) is 0 Å². The van der Waals surface area contributed by atoms with E-state index in [2.05, 4.69) is 10.7 Å². The highest BCUT2D eigenvalue weighted by Gasteiger charge is 2.36. The van der Waals surface area contributed by atoms with Crippen LogP contribution < -0.4 is 15.8 Å². The number of hydrazine groups is 1. The molecule has 0 aliphatic carbocycles. The SMILES string of the molecule is O=C([O-])/C=C/C(=O)Nc1cccc(C(=O)NN2C(=O)c3ccccc3C2=O)c1. The third-order valence-electron chi connectivity index (χ3n) is 3.77. The molecule has 0 fully saturated rings. The molecule has 0 unspecified atom stereocenters. The maximum absolute atomic E-state index is 12.4. The molecule has 1 aliphatic rings. The molecule has 0 radical (unpaired) electrons. The van der Waals surface area contributed by atoms with Gasteiger partial charge in [0.2, 0.25) is 5.91 Å². The Kier molecular flexibility index (Phi) is 4.99. The van der Waals surface area contributed by atoms with Crippen molar-refractivity contribution in [3.63, 3.8) is 0 Å². The van der Waals surface area contributed by atoms with Gasteiger partial charge in [-0.3, -0.25) is 24.6 Å². The van der Waals surface area contributed by atoms with E-state index in [0.717, 1.165) is 6.08 Å². The van der Waals surface area contributed by atoms with E-state index in [1.54, 1.807) is 12.1 Å². The number of imide groups is 1. The minimum atomic E-state index is -1.52. The lowest BCUT2D eigenvalue weighted by atomic mass is 10.1. The van der Waals surface area contributed by atoms with Gasteiger partial charge in [0.25, 0.3) is 17.7 Å². The smallest absolute Gasteiger partial charge is 0.280 e. The lowest BCUT2D eigenvalue weighted by molar-refractivity contribution is -0.297. The van der Waals surface area contributed by atoms with Crippen LogP contribution in [0.3, 0.4) is 0 Å². The average molecular weight is 378 g/mol. The highest BCUT2D eigenvalue weighted by molar-refractivity contribution is 6.22. The van der Waals surface area contributed by atoms with Gasteiger partial charge in [-0.05, 0) is 36.4 Å². The number of carbonyl (C=O) groups is 5. The van der Waals surface area contributed by atoms with Gasteiger partial charge in [-0.15, -0.1) is 0 Å². The number of carboxylic acid groups (broad SMARTS) is 1. The number of carbonyl (C=O) groups excluding carboxylic acids is 5. The number of hydrogen-bond donors (Lipinski definition) is 2. The summed E-state index contributed by atoms with van der Waals surface area (Å²) in [6.07, 6.45) is 1.33. The number of carboxylic acids is 1. The van der Waals surface area contributed by atoms with Crippen LogP contribution in [-0.2, 0) is 9.59 Å². The molecule has 0 atom stereocenters. The summed E-state index contributed by atoms with van der Waals surface area (Å²) >= 11 is 0. The fraction of sp³-hybridized carbons (Fsp3) is 0. The Balaban J connectivity index is 1.72. The van der Waals surface area contributed by atoms with E-state index in [4.69, 9.17) is 0 Å². The van der Waals surface area contributed by atoms with Crippen LogP contribution in [0.25, 0.3) is 0 Å². The molecule has 2 N–H and O–H groups in total. The number of amides is 4. The zero-order valence-electron chi connectivity index (χ0n) is 14.2. The molecule has 0 aromatic heterocycles. The molecule has 4 amide bonds. The second kappa shape index (κ2) is 7.54. The molecular formula is C19H12N3O6-. The van der Waals surface area contributed by atoms with Crippen LogP contribution in [-0.4, -0.2) is 34.6 Å². The number of hydrogen-bond acceptors (Lipinski definition) is 6. The predicted molar refractivity (Wildman–Crippen MR) is 93.6 cm³/mol. The Morgan fingerprint density at radius 1 is 0.893 bits per heavy atom. The van der Waals surface area contributed by atoms with Gasteiger partial charge in [-0.1, -0.05) is 18.2 Å². The molecule has 3 rings (SSSR count). The summed E-state index contributed by atoms with van der Waals surface area (Å²) in [7, 11) is 0. The summed E-state index contributed by atoms with van der Waals surface area (Å²) in [5, 5.41) is 13.3. The van der Waals surface area contributed by atoms with Gasteiger partial charge in [-0.25, -0.2) is 0 Å². The fourth-order valence-corrected chi connectivity index (χ4v) is 2.52. The molecule has 1 aliphatic heterocycles. The molecule has 2 aromatic rings. The Morgan fingerprint density at radius 2 is 1.54 bits per heavy atom. The van der Waals surface area contributed by atoms with Crippen molar-refractivity contribution in [1.82, 2.24) is 10.4 Å². The van der Waals surface area contributed by atoms with E-state index in [-0.39, 0.29) is 22.4 Å². The topological polar surface area (TPSA) is 136 Å². The lowest BCUT2D eigenvalue weighted by Crippen LogP contribution is -2.45. The van der Waals surface area contributed by atoms with Crippen molar-refractivity contribution in [2.24, 2.45) is 0 Å². The number of fused-ring (bicyclic) bond motifs is 1. The third kappa shape index (κ3) is 3.78. The quantitative estimate of drug-likeness (QED) is 0.550. The van der Waals surface area contributed by atoms with Crippen molar-refractivity contribution in [2.75, 3.05) is 5.32 Å². The van der Waals surface area contributed by atoms with Gasteiger partial charge >= 0.3 is 0 Å². The van der Waals surface area contributed by atoms with E-state index in [1.165, 1.54) is 36.4 Å². The Bertz CT molecular complexity index is 1010. The van der Waals surface area contributed by atoms with Gasteiger partial charge in [0, 0.05) is 17.3 Å². The first-order valence-electron chi connectivity index (χ1n) is 7.95. The van der Waals surface area contributed by atoms with E-state index >= 15 is 0 Å². The summed E-state index contributed by atoms with van der Waals surface area (Å²) < 4.78 is 0. The Morgan fingerprint density at radius 3 is 2.14 bits per heavy atom. The minimum Gasteiger partial charge on any atom is -0.545 e. The van der Waals surface area contributed by atoms with Gasteiger partial charge in [0.05, 0.1) is 17.1 Å². The van der Waals surface area contributed by atoms with Crippen LogP contribution in [0.15, 0.2) is 60.7 Å². The first kappa shape index (κ1) is 18.5. The van der Waals surface area contributed by atoms with Crippen LogP contribution in [0.1, 0.15) is 31.1 Å². The van der Waals surface area contributed by atoms with Crippen LogP contribution in [0, 0.1) is 0 Å².